The lowest BCUT2D eigenvalue weighted by Crippen LogP contribution is -2.45. The summed E-state index contributed by atoms with van der Waals surface area (Å²) in [6.45, 7) is 0.942. The van der Waals surface area contributed by atoms with Crippen LogP contribution in [-0.4, -0.2) is 52.5 Å². The van der Waals surface area contributed by atoms with Gasteiger partial charge in [0.25, 0.3) is 0 Å². The zero-order valence-electron chi connectivity index (χ0n) is 17.1. The van der Waals surface area contributed by atoms with E-state index in [1.807, 2.05) is 35.0 Å². The molecule has 0 unspecified atom stereocenters. The molecule has 3 heterocycles. The molecule has 1 aliphatic carbocycles. The molecule has 8 nitrogen and oxygen atoms in total. The number of ether oxygens (including phenoxy) is 2. The molecule has 2 N–H and O–H groups in total. The van der Waals surface area contributed by atoms with Crippen LogP contribution in [0.2, 0.25) is 0 Å². The molecule has 1 aromatic heterocycles. The van der Waals surface area contributed by atoms with E-state index in [4.69, 9.17) is 9.47 Å². The third-order valence-electron chi connectivity index (χ3n) is 6.50. The van der Waals surface area contributed by atoms with Crippen LogP contribution in [0, 0.1) is 5.92 Å². The van der Waals surface area contributed by atoms with Crippen LogP contribution >= 0.6 is 0 Å². The second-order valence-electron chi connectivity index (χ2n) is 8.63. The number of urea groups is 1. The third kappa shape index (κ3) is 4.20. The van der Waals surface area contributed by atoms with Gasteiger partial charge in [0.1, 0.15) is 18.2 Å². The van der Waals surface area contributed by atoms with Crippen LogP contribution in [0.3, 0.4) is 0 Å². The minimum Gasteiger partial charge on any atom is -0.371 e. The van der Waals surface area contributed by atoms with E-state index in [1.54, 1.807) is 0 Å². The highest BCUT2D eigenvalue weighted by atomic mass is 16.6. The van der Waals surface area contributed by atoms with E-state index in [2.05, 4.69) is 27.1 Å². The average molecular weight is 412 g/mol. The van der Waals surface area contributed by atoms with Crippen molar-refractivity contribution >= 4 is 11.7 Å². The maximum atomic E-state index is 12.3. The van der Waals surface area contributed by atoms with E-state index in [9.17, 15) is 4.79 Å². The molecule has 2 amide bonds. The number of carbonyl (C=O) groups excluding carboxylic acids is 1. The number of amides is 2. The molecule has 8 heteroatoms. The first-order chi connectivity index (χ1) is 14.8. The summed E-state index contributed by atoms with van der Waals surface area (Å²) < 4.78 is 13.9. The van der Waals surface area contributed by atoms with Gasteiger partial charge in [0.05, 0.1) is 24.9 Å². The molecule has 4 atom stereocenters. The Morgan fingerprint density at radius 2 is 1.87 bits per heavy atom. The van der Waals surface area contributed by atoms with Crippen molar-refractivity contribution in [1.82, 2.24) is 20.3 Å². The number of rotatable bonds is 5. The molecule has 160 valence electrons. The summed E-state index contributed by atoms with van der Waals surface area (Å²) in [6.07, 6.45) is 9.37. The molecule has 3 aliphatic rings. The van der Waals surface area contributed by atoms with Gasteiger partial charge in [0, 0.05) is 11.9 Å². The summed E-state index contributed by atoms with van der Waals surface area (Å²) in [5, 5.41) is 14.6. The van der Waals surface area contributed by atoms with Gasteiger partial charge in [-0.05, 0) is 24.5 Å². The highest BCUT2D eigenvalue weighted by Crippen LogP contribution is 2.34. The smallest absolute Gasteiger partial charge is 0.319 e. The zero-order valence-corrected chi connectivity index (χ0v) is 17.1. The number of fused-ring (bicyclic) bond motifs is 1. The molecule has 0 bridgehead atoms. The van der Waals surface area contributed by atoms with E-state index >= 15 is 0 Å². The van der Waals surface area contributed by atoms with Crippen LogP contribution in [0.5, 0.6) is 0 Å². The topological polar surface area (TPSA) is 90.3 Å². The SMILES string of the molecule is O=C(Nc1ccccc1)N[C@@H]1CO[C@@H]2[C@@H]1OC[C@@H]2n1cc(CC2CCCCC2)nn1. The Balaban J connectivity index is 1.17. The number of aromatic nitrogens is 3. The summed E-state index contributed by atoms with van der Waals surface area (Å²) in [6, 6.07) is 8.94. The second-order valence-corrected chi connectivity index (χ2v) is 8.63. The first-order valence-corrected chi connectivity index (χ1v) is 11.0. The number of benzene rings is 1. The Bertz CT molecular complexity index is 851. The van der Waals surface area contributed by atoms with Crippen LogP contribution in [0.4, 0.5) is 10.5 Å². The summed E-state index contributed by atoms with van der Waals surface area (Å²) in [5.74, 6) is 0.732. The maximum Gasteiger partial charge on any atom is 0.319 e. The van der Waals surface area contributed by atoms with Gasteiger partial charge in [0.15, 0.2) is 0 Å². The largest absolute Gasteiger partial charge is 0.371 e. The Labute approximate surface area is 176 Å². The van der Waals surface area contributed by atoms with E-state index < -0.39 is 0 Å². The van der Waals surface area contributed by atoms with Gasteiger partial charge >= 0.3 is 6.03 Å². The van der Waals surface area contributed by atoms with Crippen molar-refractivity contribution in [2.24, 2.45) is 5.92 Å². The fourth-order valence-electron chi connectivity index (χ4n) is 4.94. The Morgan fingerprint density at radius 3 is 2.70 bits per heavy atom. The van der Waals surface area contributed by atoms with E-state index in [1.165, 1.54) is 32.1 Å². The monoisotopic (exact) mass is 411 g/mol. The zero-order chi connectivity index (χ0) is 20.3. The lowest BCUT2D eigenvalue weighted by atomic mass is 9.86. The quantitative estimate of drug-likeness (QED) is 0.790. The minimum atomic E-state index is -0.252. The van der Waals surface area contributed by atoms with Gasteiger partial charge in [-0.1, -0.05) is 55.5 Å². The van der Waals surface area contributed by atoms with Crippen molar-refractivity contribution in [3.05, 3.63) is 42.2 Å². The lowest BCUT2D eigenvalue weighted by Gasteiger charge is -2.20. The van der Waals surface area contributed by atoms with Crippen LogP contribution in [-0.2, 0) is 15.9 Å². The van der Waals surface area contributed by atoms with E-state index in [-0.39, 0.29) is 30.3 Å². The second kappa shape index (κ2) is 8.73. The van der Waals surface area contributed by atoms with Crippen molar-refractivity contribution < 1.29 is 14.3 Å². The van der Waals surface area contributed by atoms with Gasteiger partial charge < -0.3 is 20.1 Å². The first-order valence-electron chi connectivity index (χ1n) is 11.0. The molecule has 0 radical (unpaired) electrons. The summed E-state index contributed by atoms with van der Waals surface area (Å²) in [7, 11) is 0. The molecule has 1 saturated carbocycles. The van der Waals surface area contributed by atoms with Crippen molar-refractivity contribution in [2.75, 3.05) is 18.5 Å². The third-order valence-corrected chi connectivity index (χ3v) is 6.50. The summed E-state index contributed by atoms with van der Waals surface area (Å²) in [4.78, 5) is 12.3. The van der Waals surface area contributed by atoms with E-state index in [0.29, 0.717) is 13.2 Å². The normalized spacial score (nSPS) is 28.9. The Kier molecular flexibility index (Phi) is 5.68. The molecule has 5 rings (SSSR count). The van der Waals surface area contributed by atoms with Gasteiger partial charge in [0.2, 0.25) is 0 Å². The van der Waals surface area contributed by atoms with E-state index in [0.717, 1.165) is 23.7 Å². The Morgan fingerprint density at radius 1 is 1.07 bits per heavy atom. The lowest BCUT2D eigenvalue weighted by molar-refractivity contribution is 0.0622. The molecule has 30 heavy (non-hydrogen) atoms. The van der Waals surface area contributed by atoms with Gasteiger partial charge in [-0.15, -0.1) is 5.10 Å². The predicted octanol–water partition coefficient (Wildman–Crippen LogP) is 2.93. The highest BCUT2D eigenvalue weighted by Gasteiger charge is 2.49. The number of para-hydroxylation sites is 1. The molecule has 2 saturated heterocycles. The van der Waals surface area contributed by atoms with Crippen LogP contribution in [0.1, 0.15) is 43.8 Å². The maximum absolute atomic E-state index is 12.3. The van der Waals surface area contributed by atoms with Crippen LogP contribution in [0.25, 0.3) is 0 Å². The summed E-state index contributed by atoms with van der Waals surface area (Å²) >= 11 is 0. The summed E-state index contributed by atoms with van der Waals surface area (Å²) in [5.41, 5.74) is 1.81. The molecule has 1 aromatic carbocycles. The van der Waals surface area contributed by atoms with Crippen LogP contribution < -0.4 is 10.6 Å². The van der Waals surface area contributed by atoms with Crippen LogP contribution in [0.15, 0.2) is 36.5 Å². The molecular weight excluding hydrogens is 382 g/mol. The number of nitrogens with zero attached hydrogens (tertiary/aromatic N) is 3. The standard InChI is InChI=1S/C22H29N5O3/c28-22(23-16-9-5-2-6-10-16)24-18-13-29-21-19(14-30-20(18)21)27-12-17(25-26-27)11-15-7-3-1-4-8-15/h2,5-6,9-10,12,15,18-21H,1,3-4,7-8,11,13-14H2,(H2,23,24,28)/t18-,19+,20-,21+/m1/s1. The van der Waals surface area contributed by atoms with Crippen molar-refractivity contribution in [2.45, 2.75) is 62.8 Å². The average Bonchev–Trinajstić information content (AvgIpc) is 3.47. The highest BCUT2D eigenvalue weighted by molar-refractivity contribution is 5.89. The van der Waals surface area contributed by atoms with Crippen molar-refractivity contribution in [1.29, 1.82) is 0 Å². The molecule has 2 aromatic rings. The molecule has 0 spiro atoms. The van der Waals surface area contributed by atoms with Crippen molar-refractivity contribution in [3.63, 3.8) is 0 Å². The van der Waals surface area contributed by atoms with Gasteiger partial charge in [-0.25, -0.2) is 9.48 Å². The number of anilines is 1. The minimum absolute atomic E-state index is 0.00779. The fraction of sp³-hybridized carbons (Fsp3) is 0.591. The number of hydrogen-bond acceptors (Lipinski definition) is 5. The Hall–Kier alpha value is -2.45. The van der Waals surface area contributed by atoms with Gasteiger partial charge in [-0.3, -0.25) is 0 Å². The molecule has 3 fully saturated rings. The fourth-order valence-corrected chi connectivity index (χ4v) is 4.94. The predicted molar refractivity (Wildman–Crippen MR) is 111 cm³/mol. The molecule has 2 aliphatic heterocycles. The number of hydrogen-bond donors (Lipinski definition) is 2. The first kappa shape index (κ1) is 19.5. The molecular formula is C22H29N5O3. The van der Waals surface area contributed by atoms with Gasteiger partial charge in [-0.2, -0.15) is 0 Å². The van der Waals surface area contributed by atoms with Crippen molar-refractivity contribution in [3.8, 4) is 0 Å². The number of carbonyl (C=O) groups is 1. The number of nitrogens with one attached hydrogen (secondary N) is 2.